The highest BCUT2D eigenvalue weighted by Gasteiger charge is 1.91. The second-order valence-corrected chi connectivity index (χ2v) is 2.83. The van der Waals surface area contributed by atoms with Gasteiger partial charge in [-0.25, -0.2) is 10.1 Å². The van der Waals surface area contributed by atoms with Gasteiger partial charge in [0.15, 0.2) is 0 Å². The fourth-order valence-corrected chi connectivity index (χ4v) is 0.929. The summed E-state index contributed by atoms with van der Waals surface area (Å²) in [5, 5.41) is 22.6. The van der Waals surface area contributed by atoms with Gasteiger partial charge < -0.3 is 0 Å². The Hall–Kier alpha value is -2.03. The van der Waals surface area contributed by atoms with Crippen LogP contribution in [0.5, 0.6) is 0 Å². The molecule has 0 amide bonds. The molecule has 0 unspecified atom stereocenters. The number of fused-ring (bicyclic) bond motifs is 1. The fraction of sp³-hybridized carbons (Fsp3) is 0. The molecule has 15 heavy (non-hydrogen) atoms. The summed E-state index contributed by atoms with van der Waals surface area (Å²) in [5.41, 5.74) is 1.54. The van der Waals surface area contributed by atoms with Gasteiger partial charge in [0, 0.05) is 6.20 Å². The van der Waals surface area contributed by atoms with Crippen LogP contribution in [-0.2, 0) is 0 Å². The molecule has 3 aromatic heterocycles. The molecule has 0 aromatic carbocycles. The lowest BCUT2D eigenvalue weighted by Gasteiger charge is -1.78. The van der Waals surface area contributed by atoms with E-state index in [-0.39, 0.29) is 0 Å². The molecule has 9 heteroatoms. The van der Waals surface area contributed by atoms with E-state index in [1.54, 1.807) is 6.20 Å². The van der Waals surface area contributed by atoms with Crippen LogP contribution in [0.1, 0.15) is 0 Å². The molecule has 0 spiro atoms. The topological polar surface area (TPSA) is 109 Å². The maximum absolute atomic E-state index is 3.94. The monoisotopic (exact) mass is 222 g/mol. The predicted molar refractivity (Wildman–Crippen MR) is 53.1 cm³/mol. The SMILES string of the molecule is Sc1nnn[nH]1.c1cnc2nn[nH]c2c1. The van der Waals surface area contributed by atoms with Gasteiger partial charge in [-0.05, 0) is 22.6 Å². The first kappa shape index (κ1) is 9.52. The average Bonchev–Trinajstić information content (AvgIpc) is 2.88. The molecule has 0 atom stereocenters. The van der Waals surface area contributed by atoms with E-state index in [0.717, 1.165) is 5.52 Å². The molecule has 2 N–H and O–H groups in total. The molecule has 0 saturated heterocycles. The van der Waals surface area contributed by atoms with E-state index in [2.05, 4.69) is 53.6 Å². The van der Waals surface area contributed by atoms with Crippen molar-refractivity contribution < 1.29 is 0 Å². The van der Waals surface area contributed by atoms with Crippen LogP contribution in [0.3, 0.4) is 0 Å². The van der Waals surface area contributed by atoms with Crippen LogP contribution in [0.4, 0.5) is 0 Å². The maximum Gasteiger partial charge on any atom is 0.203 e. The van der Waals surface area contributed by atoms with Gasteiger partial charge >= 0.3 is 0 Å². The highest BCUT2D eigenvalue weighted by atomic mass is 32.1. The van der Waals surface area contributed by atoms with Crippen molar-refractivity contribution in [1.82, 2.24) is 41.0 Å². The molecule has 3 heterocycles. The molecule has 0 aliphatic heterocycles. The fourth-order valence-electron chi connectivity index (χ4n) is 0.844. The van der Waals surface area contributed by atoms with Crippen molar-refractivity contribution in [2.24, 2.45) is 0 Å². The number of nitrogens with one attached hydrogen (secondary N) is 2. The van der Waals surface area contributed by atoms with E-state index < -0.39 is 0 Å². The third-order valence-electron chi connectivity index (χ3n) is 1.44. The smallest absolute Gasteiger partial charge is 0.203 e. The summed E-state index contributed by atoms with van der Waals surface area (Å²) in [6, 6.07) is 3.71. The van der Waals surface area contributed by atoms with E-state index in [4.69, 9.17) is 0 Å². The summed E-state index contributed by atoms with van der Waals surface area (Å²) < 4.78 is 0. The van der Waals surface area contributed by atoms with Gasteiger partial charge in [0.2, 0.25) is 10.8 Å². The van der Waals surface area contributed by atoms with Crippen molar-refractivity contribution in [3.8, 4) is 0 Å². The van der Waals surface area contributed by atoms with Crippen molar-refractivity contribution in [2.75, 3.05) is 0 Å². The lowest BCUT2D eigenvalue weighted by molar-refractivity contribution is 0.881. The van der Waals surface area contributed by atoms with Crippen molar-refractivity contribution in [2.45, 2.75) is 5.16 Å². The van der Waals surface area contributed by atoms with Crippen LogP contribution in [-0.4, -0.2) is 41.0 Å². The number of tetrazole rings is 1. The number of aromatic amines is 2. The molecule has 3 rings (SSSR count). The Bertz CT molecular complexity index is 486. The van der Waals surface area contributed by atoms with Crippen LogP contribution in [0.2, 0.25) is 0 Å². The standard InChI is InChI=1S/C5H4N4.CH2N4S/c1-2-4-5(6-3-1)8-9-7-4;6-1-2-4-5-3-1/h1-3H,(H,6,7,8,9);(H2,2,3,4,5,6). The zero-order valence-corrected chi connectivity index (χ0v) is 8.26. The van der Waals surface area contributed by atoms with Crippen molar-refractivity contribution in [1.29, 1.82) is 0 Å². The van der Waals surface area contributed by atoms with Gasteiger partial charge in [-0.15, -0.1) is 22.8 Å². The van der Waals surface area contributed by atoms with Gasteiger partial charge in [0.25, 0.3) is 0 Å². The van der Waals surface area contributed by atoms with Crippen LogP contribution >= 0.6 is 12.6 Å². The first-order valence-electron chi connectivity index (χ1n) is 3.91. The van der Waals surface area contributed by atoms with Crippen LogP contribution < -0.4 is 0 Å². The summed E-state index contributed by atoms with van der Waals surface area (Å²) >= 11 is 3.74. The molecule has 76 valence electrons. The zero-order chi connectivity index (χ0) is 10.5. The molecular weight excluding hydrogens is 216 g/mol. The summed E-state index contributed by atoms with van der Waals surface area (Å²) in [4.78, 5) is 3.94. The highest BCUT2D eigenvalue weighted by molar-refractivity contribution is 7.80. The largest absolute Gasteiger partial charge is 0.256 e. The second kappa shape index (κ2) is 4.46. The number of hydrogen-bond donors (Lipinski definition) is 3. The molecule has 0 saturated carbocycles. The highest BCUT2D eigenvalue weighted by Crippen LogP contribution is 1.99. The Morgan fingerprint density at radius 3 is 2.67 bits per heavy atom. The average molecular weight is 222 g/mol. The number of aromatic nitrogens is 8. The van der Waals surface area contributed by atoms with Crippen molar-refractivity contribution in [3.05, 3.63) is 18.3 Å². The molecule has 3 aromatic rings. The minimum atomic E-state index is 0.440. The molecule has 0 aliphatic rings. The summed E-state index contributed by atoms with van der Waals surface area (Å²) in [6.07, 6.45) is 1.69. The van der Waals surface area contributed by atoms with E-state index in [1.165, 1.54) is 0 Å². The van der Waals surface area contributed by atoms with E-state index in [1.807, 2.05) is 12.1 Å². The van der Waals surface area contributed by atoms with Crippen LogP contribution in [0.15, 0.2) is 23.5 Å². The minimum absolute atomic E-state index is 0.440. The molecule has 0 fully saturated rings. The maximum atomic E-state index is 3.94. The summed E-state index contributed by atoms with van der Waals surface area (Å²) in [5.74, 6) is 0. The van der Waals surface area contributed by atoms with E-state index >= 15 is 0 Å². The first-order valence-corrected chi connectivity index (χ1v) is 4.35. The molecule has 0 radical (unpaired) electrons. The van der Waals surface area contributed by atoms with Crippen molar-refractivity contribution in [3.63, 3.8) is 0 Å². The van der Waals surface area contributed by atoms with Crippen molar-refractivity contribution >= 4 is 23.8 Å². The lowest BCUT2D eigenvalue weighted by Crippen LogP contribution is -1.71. The predicted octanol–water partition coefficient (Wildman–Crippen LogP) is -0.159. The Balaban J connectivity index is 0.000000124. The summed E-state index contributed by atoms with van der Waals surface area (Å²) in [6.45, 7) is 0. The Morgan fingerprint density at radius 1 is 1.13 bits per heavy atom. The Morgan fingerprint density at radius 2 is 2.07 bits per heavy atom. The Labute approximate surface area is 88.9 Å². The van der Waals surface area contributed by atoms with Crippen LogP contribution in [0, 0.1) is 0 Å². The number of hydrogen-bond acceptors (Lipinski definition) is 7. The normalized spacial score (nSPS) is 9.67. The number of rotatable bonds is 0. The number of pyridine rings is 1. The van der Waals surface area contributed by atoms with Gasteiger partial charge in [-0.3, -0.25) is 5.10 Å². The Kier molecular flexibility index (Phi) is 2.83. The minimum Gasteiger partial charge on any atom is -0.256 e. The number of thiol groups is 1. The van der Waals surface area contributed by atoms with E-state index in [9.17, 15) is 0 Å². The first-order chi connectivity index (χ1) is 7.36. The second-order valence-electron chi connectivity index (χ2n) is 2.41. The van der Waals surface area contributed by atoms with E-state index in [0.29, 0.717) is 10.8 Å². The quantitative estimate of drug-likeness (QED) is 0.456. The number of nitrogens with zero attached hydrogens (tertiary/aromatic N) is 6. The van der Waals surface area contributed by atoms with Gasteiger partial charge in [0.1, 0.15) is 5.52 Å². The molecular formula is C6H6N8S. The molecule has 0 bridgehead atoms. The zero-order valence-electron chi connectivity index (χ0n) is 7.36. The third-order valence-corrected chi connectivity index (χ3v) is 1.63. The molecule has 8 nitrogen and oxygen atoms in total. The lowest BCUT2D eigenvalue weighted by atomic mass is 10.4. The summed E-state index contributed by atoms with van der Waals surface area (Å²) in [7, 11) is 0. The van der Waals surface area contributed by atoms with Crippen LogP contribution in [0.25, 0.3) is 11.2 Å². The molecule has 0 aliphatic carbocycles. The van der Waals surface area contributed by atoms with Gasteiger partial charge in [0.05, 0.1) is 0 Å². The van der Waals surface area contributed by atoms with Gasteiger partial charge in [-0.1, -0.05) is 5.21 Å². The number of H-pyrrole nitrogens is 2. The third kappa shape index (κ3) is 2.47. The van der Waals surface area contributed by atoms with Gasteiger partial charge in [-0.2, -0.15) is 0 Å².